The zero-order valence-electron chi connectivity index (χ0n) is 14.1. The third-order valence-corrected chi connectivity index (χ3v) is 5.33. The van der Waals surface area contributed by atoms with Crippen LogP contribution in [0, 0.1) is 5.92 Å². The van der Waals surface area contributed by atoms with Crippen molar-refractivity contribution in [2.24, 2.45) is 5.92 Å². The van der Waals surface area contributed by atoms with Crippen molar-refractivity contribution in [3.63, 3.8) is 0 Å². The van der Waals surface area contributed by atoms with Crippen LogP contribution in [-0.2, 0) is 0 Å². The Labute approximate surface area is 129 Å². The van der Waals surface area contributed by atoms with Crippen LogP contribution in [0.15, 0.2) is 0 Å². The van der Waals surface area contributed by atoms with E-state index in [1.807, 2.05) is 20.8 Å². The summed E-state index contributed by atoms with van der Waals surface area (Å²) in [5.74, 6) is 0.800. The molecule has 2 fully saturated rings. The van der Waals surface area contributed by atoms with E-state index in [1.54, 1.807) is 4.90 Å². The Morgan fingerprint density at radius 2 is 1.67 bits per heavy atom. The number of rotatable bonds is 2. The van der Waals surface area contributed by atoms with Crippen LogP contribution in [0.1, 0.15) is 66.2 Å². The van der Waals surface area contributed by atoms with Crippen molar-refractivity contribution in [3.05, 3.63) is 0 Å². The molecular formula is C17H32N2O2. The molecule has 2 unspecified atom stereocenters. The van der Waals surface area contributed by atoms with Crippen molar-refractivity contribution in [1.29, 1.82) is 0 Å². The van der Waals surface area contributed by atoms with Crippen LogP contribution in [0.25, 0.3) is 0 Å². The fourth-order valence-electron chi connectivity index (χ4n) is 4.31. The second kappa shape index (κ2) is 6.55. The Kier molecular flexibility index (Phi) is 5.18. The quantitative estimate of drug-likeness (QED) is 0.842. The number of likely N-dealkylation sites (tertiary alicyclic amines) is 1. The summed E-state index contributed by atoms with van der Waals surface area (Å²) < 4.78 is 0. The van der Waals surface area contributed by atoms with Crippen molar-refractivity contribution >= 4 is 6.09 Å². The predicted molar refractivity (Wildman–Crippen MR) is 85.6 cm³/mol. The van der Waals surface area contributed by atoms with Gasteiger partial charge >= 0.3 is 6.09 Å². The lowest BCUT2D eigenvalue weighted by molar-refractivity contribution is 0.0203. The largest absolute Gasteiger partial charge is 0.465 e. The van der Waals surface area contributed by atoms with Gasteiger partial charge in [0.2, 0.25) is 0 Å². The second-order valence-electron chi connectivity index (χ2n) is 7.92. The highest BCUT2D eigenvalue weighted by molar-refractivity contribution is 5.66. The van der Waals surface area contributed by atoms with Gasteiger partial charge in [0.05, 0.1) is 0 Å². The minimum Gasteiger partial charge on any atom is -0.465 e. The summed E-state index contributed by atoms with van der Waals surface area (Å²) in [6.07, 6.45) is 6.61. The van der Waals surface area contributed by atoms with E-state index < -0.39 is 6.09 Å². The molecule has 1 saturated heterocycles. The molecule has 1 aliphatic heterocycles. The number of amides is 1. The summed E-state index contributed by atoms with van der Waals surface area (Å²) in [5.41, 5.74) is -0.309. The molecule has 0 aromatic heterocycles. The Morgan fingerprint density at radius 1 is 1.10 bits per heavy atom. The molecule has 0 aromatic carbocycles. The van der Waals surface area contributed by atoms with Crippen LogP contribution in [-0.4, -0.2) is 51.7 Å². The summed E-state index contributed by atoms with van der Waals surface area (Å²) in [5, 5.41) is 9.53. The normalized spacial score (nSPS) is 29.3. The van der Waals surface area contributed by atoms with E-state index in [1.165, 1.54) is 25.7 Å². The average Bonchev–Trinajstić information content (AvgIpc) is 2.38. The van der Waals surface area contributed by atoms with Crippen LogP contribution in [0.5, 0.6) is 0 Å². The fourth-order valence-corrected chi connectivity index (χ4v) is 4.31. The lowest BCUT2D eigenvalue weighted by Gasteiger charge is -2.47. The van der Waals surface area contributed by atoms with Gasteiger partial charge in [-0.1, -0.05) is 19.8 Å². The molecule has 122 valence electrons. The molecule has 2 atom stereocenters. The van der Waals surface area contributed by atoms with Crippen LogP contribution in [0.4, 0.5) is 4.79 Å². The Balaban J connectivity index is 1.94. The van der Waals surface area contributed by atoms with E-state index in [4.69, 9.17) is 0 Å². The molecule has 1 amide bonds. The summed E-state index contributed by atoms with van der Waals surface area (Å²) in [6.45, 7) is 10.5. The van der Waals surface area contributed by atoms with Gasteiger partial charge < -0.3 is 10.0 Å². The van der Waals surface area contributed by atoms with Crippen molar-refractivity contribution in [2.75, 3.05) is 13.1 Å². The predicted octanol–water partition coefficient (Wildman–Crippen LogP) is 3.81. The third-order valence-electron chi connectivity index (χ3n) is 5.33. The van der Waals surface area contributed by atoms with Gasteiger partial charge in [0.15, 0.2) is 0 Å². The van der Waals surface area contributed by atoms with E-state index in [0.717, 1.165) is 37.9 Å². The number of hydrogen-bond acceptors (Lipinski definition) is 2. The van der Waals surface area contributed by atoms with Crippen LogP contribution >= 0.6 is 0 Å². The molecule has 1 N–H and O–H groups in total. The van der Waals surface area contributed by atoms with Gasteiger partial charge in [-0.15, -0.1) is 0 Å². The molecule has 1 heterocycles. The number of hydrogen-bond donors (Lipinski definition) is 1. The van der Waals surface area contributed by atoms with Gasteiger partial charge in [0, 0.05) is 30.7 Å². The van der Waals surface area contributed by atoms with Crippen molar-refractivity contribution in [3.8, 4) is 0 Å². The summed E-state index contributed by atoms with van der Waals surface area (Å²) in [7, 11) is 0. The molecule has 0 aromatic rings. The number of piperidine rings is 1. The lowest BCUT2D eigenvalue weighted by atomic mass is 9.83. The topological polar surface area (TPSA) is 43.8 Å². The average molecular weight is 296 g/mol. The Bertz CT molecular complexity index is 356. The zero-order valence-corrected chi connectivity index (χ0v) is 14.1. The molecule has 2 rings (SSSR count). The molecule has 1 aliphatic carbocycles. The highest BCUT2D eigenvalue weighted by Crippen LogP contribution is 2.32. The molecule has 4 heteroatoms. The smallest absolute Gasteiger partial charge is 0.407 e. The fraction of sp³-hybridized carbons (Fsp3) is 0.941. The first-order valence-electron chi connectivity index (χ1n) is 8.57. The molecule has 1 saturated carbocycles. The Hall–Kier alpha value is -0.770. The molecule has 4 nitrogen and oxygen atoms in total. The van der Waals surface area contributed by atoms with Crippen molar-refractivity contribution < 1.29 is 9.90 Å². The van der Waals surface area contributed by atoms with Gasteiger partial charge in [-0.3, -0.25) is 4.90 Å². The highest BCUT2D eigenvalue weighted by atomic mass is 16.4. The first-order chi connectivity index (χ1) is 9.80. The maximum Gasteiger partial charge on any atom is 0.407 e. The van der Waals surface area contributed by atoms with E-state index in [0.29, 0.717) is 0 Å². The van der Waals surface area contributed by atoms with Crippen LogP contribution in [0.2, 0.25) is 0 Å². The van der Waals surface area contributed by atoms with Crippen molar-refractivity contribution in [1.82, 2.24) is 9.80 Å². The lowest BCUT2D eigenvalue weighted by Crippen LogP contribution is -2.56. The molecule has 0 bridgehead atoms. The maximum absolute atomic E-state index is 11.6. The minimum atomic E-state index is -0.771. The molecular weight excluding hydrogens is 264 g/mol. The van der Waals surface area contributed by atoms with E-state index >= 15 is 0 Å². The number of carbonyl (C=O) groups is 1. The van der Waals surface area contributed by atoms with Crippen LogP contribution in [0.3, 0.4) is 0 Å². The van der Waals surface area contributed by atoms with E-state index in [9.17, 15) is 9.90 Å². The first-order valence-corrected chi connectivity index (χ1v) is 8.57. The summed E-state index contributed by atoms with van der Waals surface area (Å²) in [6, 6.07) is 0.908. The minimum absolute atomic E-state index is 0.178. The summed E-state index contributed by atoms with van der Waals surface area (Å²) >= 11 is 0. The molecule has 2 aliphatic rings. The SMILES string of the molecule is CC1CCCCC1N1CCC(N(C(=O)O)C(C)(C)C)CC1. The Morgan fingerprint density at radius 3 is 2.14 bits per heavy atom. The molecule has 0 spiro atoms. The zero-order chi connectivity index (χ0) is 15.6. The standard InChI is InChI=1S/C17H32N2O2/c1-13-7-5-6-8-15(13)18-11-9-14(10-12-18)19(16(20)21)17(2,3)4/h13-15H,5-12H2,1-4H3,(H,20,21). The third kappa shape index (κ3) is 3.91. The van der Waals surface area contributed by atoms with E-state index in [-0.39, 0.29) is 11.6 Å². The van der Waals surface area contributed by atoms with Gasteiger partial charge in [-0.05, 0) is 52.4 Å². The summed E-state index contributed by atoms with van der Waals surface area (Å²) in [4.78, 5) is 15.9. The first kappa shape index (κ1) is 16.6. The molecule has 21 heavy (non-hydrogen) atoms. The van der Waals surface area contributed by atoms with E-state index in [2.05, 4.69) is 11.8 Å². The maximum atomic E-state index is 11.6. The van der Waals surface area contributed by atoms with Crippen molar-refractivity contribution in [2.45, 2.75) is 83.8 Å². The monoisotopic (exact) mass is 296 g/mol. The molecule has 0 radical (unpaired) electrons. The highest BCUT2D eigenvalue weighted by Gasteiger charge is 2.37. The van der Waals surface area contributed by atoms with Gasteiger partial charge in [0.25, 0.3) is 0 Å². The van der Waals surface area contributed by atoms with Gasteiger partial charge in [0.1, 0.15) is 0 Å². The second-order valence-corrected chi connectivity index (χ2v) is 7.92. The van der Waals surface area contributed by atoms with Crippen LogP contribution < -0.4 is 0 Å². The number of carboxylic acid groups (broad SMARTS) is 1. The van der Waals surface area contributed by atoms with Gasteiger partial charge in [-0.25, -0.2) is 4.79 Å². The van der Waals surface area contributed by atoms with Gasteiger partial charge in [-0.2, -0.15) is 0 Å². The number of nitrogens with zero attached hydrogens (tertiary/aromatic N) is 2.